The van der Waals surface area contributed by atoms with Crippen LogP contribution in [-0.4, -0.2) is 94.1 Å². The fraction of sp³-hybridized carbons (Fsp3) is 0.900. The van der Waals surface area contributed by atoms with E-state index in [0.717, 1.165) is 88.5 Å². The van der Waals surface area contributed by atoms with Crippen LogP contribution in [0.2, 0.25) is 0 Å². The minimum Gasteiger partial charge on any atom is -0.463 e. The maximum Gasteiger partial charge on any atom is 0.306 e. The first-order valence-corrected chi connectivity index (χ1v) is 25.1. The van der Waals surface area contributed by atoms with Gasteiger partial charge < -0.3 is 38.9 Å². The van der Waals surface area contributed by atoms with Gasteiger partial charge in [0.2, 0.25) is 0 Å². The molecule has 12 nitrogen and oxygen atoms in total. The molecule has 0 aromatic carbocycles. The molecule has 0 aromatic rings. The number of nitrogens with two attached hydrogens (primary N) is 1. The van der Waals surface area contributed by atoms with Gasteiger partial charge in [-0.1, -0.05) is 130 Å². The third-order valence-corrected chi connectivity index (χ3v) is 12.7. The molecule has 3 fully saturated rings. The van der Waals surface area contributed by atoms with Crippen LogP contribution in [0.1, 0.15) is 207 Å². The molecule has 0 spiro atoms. The molecule has 3 saturated carbocycles. The van der Waals surface area contributed by atoms with Crippen LogP contribution in [0, 0.1) is 23.7 Å². The van der Waals surface area contributed by atoms with Crippen molar-refractivity contribution in [2.75, 3.05) is 46.6 Å². The number of rotatable bonds is 30. The zero-order valence-electron chi connectivity index (χ0n) is 39.9. The quantitative estimate of drug-likeness (QED) is 0.0306. The van der Waals surface area contributed by atoms with E-state index in [-0.39, 0.29) is 50.8 Å². The molecule has 0 heterocycles. The molecule has 0 radical (unpaired) electrons. The number of carbonyl (C=O) groups is 5. The van der Waals surface area contributed by atoms with E-state index in [9.17, 15) is 29.1 Å². The Kier molecular flexibility index (Phi) is 37.0. The van der Waals surface area contributed by atoms with E-state index in [1.54, 1.807) is 7.11 Å². The third-order valence-electron chi connectivity index (χ3n) is 12.7. The van der Waals surface area contributed by atoms with Gasteiger partial charge in [-0.15, -0.1) is 0 Å². The second-order valence-corrected chi connectivity index (χ2v) is 18.4. The lowest BCUT2D eigenvalue weighted by molar-refractivity contribution is -0.655. The van der Waals surface area contributed by atoms with Gasteiger partial charge in [-0.05, 0) is 55.8 Å². The number of unbranched alkanes of at least 4 members (excludes halogenated alkanes) is 1. The molecule has 3 N–H and O–H groups in total. The van der Waals surface area contributed by atoms with Crippen LogP contribution in [0.4, 0.5) is 0 Å². The van der Waals surface area contributed by atoms with Gasteiger partial charge in [-0.2, -0.15) is 0 Å². The molecular formula is C50H92NO11+. The van der Waals surface area contributed by atoms with E-state index in [1.807, 2.05) is 0 Å². The molecular weight excluding hydrogens is 791 g/mol. The maximum atomic E-state index is 11.9. The predicted molar refractivity (Wildman–Crippen MR) is 243 cm³/mol. The van der Waals surface area contributed by atoms with Crippen molar-refractivity contribution in [1.29, 1.82) is 0 Å². The average Bonchev–Trinajstić information content (AvgIpc) is 3.28. The highest BCUT2D eigenvalue weighted by molar-refractivity contribution is 5.70. The number of hydrogen-bond acceptors (Lipinski definition) is 11. The summed E-state index contributed by atoms with van der Waals surface area (Å²) in [7, 11) is 1.54. The maximum absolute atomic E-state index is 11.9. The molecule has 3 aliphatic rings. The molecule has 3 unspecified atom stereocenters. The van der Waals surface area contributed by atoms with Gasteiger partial charge in [-0.25, -0.2) is 0 Å². The monoisotopic (exact) mass is 883 g/mol. The van der Waals surface area contributed by atoms with E-state index in [2.05, 4.69) is 26.1 Å². The molecule has 12 heteroatoms. The van der Waals surface area contributed by atoms with Crippen molar-refractivity contribution in [2.24, 2.45) is 23.7 Å². The van der Waals surface area contributed by atoms with E-state index >= 15 is 0 Å². The van der Waals surface area contributed by atoms with Crippen molar-refractivity contribution in [1.82, 2.24) is 0 Å². The minimum absolute atomic E-state index is 0.0949. The number of ether oxygens (including phenoxy) is 5. The molecule has 0 aliphatic heterocycles. The second kappa shape index (κ2) is 40.0. The van der Waals surface area contributed by atoms with Crippen LogP contribution in [0.15, 0.2) is 0 Å². The lowest BCUT2D eigenvalue weighted by Gasteiger charge is -2.21. The molecule has 62 heavy (non-hydrogen) atoms. The summed E-state index contributed by atoms with van der Waals surface area (Å²) in [5.74, 6) is 2.12. The summed E-state index contributed by atoms with van der Waals surface area (Å²) < 4.78 is 26.1. The Hall–Kier alpha value is -2.57. The highest BCUT2D eigenvalue weighted by Crippen LogP contribution is 2.29. The van der Waals surface area contributed by atoms with Gasteiger partial charge in [0.25, 0.3) is 0 Å². The number of aldehydes is 1. The standard InChI is InChI=1S/C22H40O5.C21H37NO6.C7H14/c1-4-18(2)10-8-14-21(23)26-16-20(25-3)17-27-22(24)15-9-13-19-11-6-5-7-12-19;23-15-5-4-13-22-14-7-12-21(26)28-19(16-24)17-27-20(25)11-6-10-18-8-2-1-3-9-18;1-7-5-3-2-4-6-7/h18-20H,4-17H2,1-3H3;15,18-19,22,24H,1-14,16-17H2;7H,2-6H2,1H3/p+1. The molecule has 0 bridgehead atoms. The van der Waals surface area contributed by atoms with Crippen LogP contribution in [-0.2, 0) is 47.7 Å². The smallest absolute Gasteiger partial charge is 0.306 e. The Balaban J connectivity index is 0.000000534. The van der Waals surface area contributed by atoms with Crippen LogP contribution in [0.3, 0.4) is 0 Å². The summed E-state index contributed by atoms with van der Waals surface area (Å²) in [6.07, 6.45) is 30.8. The largest absolute Gasteiger partial charge is 0.463 e. The van der Waals surface area contributed by atoms with Gasteiger partial charge in [-0.3, -0.25) is 19.2 Å². The van der Waals surface area contributed by atoms with E-state index in [4.69, 9.17) is 23.7 Å². The van der Waals surface area contributed by atoms with E-state index in [0.29, 0.717) is 38.0 Å². The first-order valence-electron chi connectivity index (χ1n) is 25.1. The molecule has 0 saturated heterocycles. The highest BCUT2D eigenvalue weighted by atomic mass is 16.6. The topological polar surface area (TPSA) is 168 Å². The highest BCUT2D eigenvalue weighted by Gasteiger charge is 2.19. The van der Waals surface area contributed by atoms with Gasteiger partial charge in [0.05, 0.1) is 26.1 Å². The summed E-state index contributed by atoms with van der Waals surface area (Å²) in [4.78, 5) is 57.5. The number of aliphatic hydroxyl groups is 1. The Labute approximate surface area is 376 Å². The van der Waals surface area contributed by atoms with Crippen LogP contribution in [0.5, 0.6) is 0 Å². The van der Waals surface area contributed by atoms with Crippen LogP contribution >= 0.6 is 0 Å². The van der Waals surface area contributed by atoms with Crippen molar-refractivity contribution in [3.8, 4) is 0 Å². The summed E-state index contributed by atoms with van der Waals surface area (Å²) in [6, 6.07) is 0. The number of aliphatic hydroxyl groups excluding tert-OH is 1. The van der Waals surface area contributed by atoms with Crippen molar-refractivity contribution in [2.45, 2.75) is 219 Å². The van der Waals surface area contributed by atoms with Gasteiger partial charge in [0.15, 0.2) is 6.10 Å². The van der Waals surface area contributed by atoms with Crippen molar-refractivity contribution in [3.63, 3.8) is 0 Å². The lowest BCUT2D eigenvalue weighted by Crippen LogP contribution is -2.84. The normalized spacial score (nSPS) is 17.5. The lowest BCUT2D eigenvalue weighted by atomic mass is 9.86. The SMILES string of the molecule is CC1CCCCC1.CCC(C)CCCC(=O)OCC(COC(=O)CCCC1CCCCC1)OC.O=CCCC[NH2+]CCCC(=O)OC(CO)COC(=O)CCCC1CCCCC1. The zero-order chi connectivity index (χ0) is 45.5. The molecule has 362 valence electrons. The number of esters is 4. The third kappa shape index (κ3) is 33.9. The minimum atomic E-state index is -0.800. The summed E-state index contributed by atoms with van der Waals surface area (Å²) in [6.45, 7) is 8.17. The van der Waals surface area contributed by atoms with Crippen LogP contribution in [0.25, 0.3) is 0 Å². The first-order chi connectivity index (χ1) is 30.1. The Bertz CT molecular complexity index is 1120. The fourth-order valence-corrected chi connectivity index (χ4v) is 8.34. The number of methoxy groups -OCH3 is 1. The summed E-state index contributed by atoms with van der Waals surface area (Å²) in [5, 5.41) is 11.4. The zero-order valence-corrected chi connectivity index (χ0v) is 39.9. The van der Waals surface area contributed by atoms with Crippen LogP contribution < -0.4 is 5.32 Å². The predicted octanol–water partition coefficient (Wildman–Crippen LogP) is 9.15. The molecule has 0 aromatic heterocycles. The van der Waals surface area contributed by atoms with Gasteiger partial charge in [0.1, 0.15) is 32.2 Å². The van der Waals surface area contributed by atoms with E-state index in [1.165, 1.54) is 96.3 Å². The number of hydrogen-bond donors (Lipinski definition) is 2. The van der Waals surface area contributed by atoms with Crippen molar-refractivity contribution >= 4 is 30.2 Å². The molecule has 0 amide bonds. The molecule has 3 aliphatic carbocycles. The van der Waals surface area contributed by atoms with Crippen molar-refractivity contribution in [3.05, 3.63) is 0 Å². The number of quaternary nitrogens is 1. The Morgan fingerprint density at radius 1 is 0.629 bits per heavy atom. The first kappa shape index (κ1) is 57.4. The number of carbonyl (C=O) groups excluding carboxylic acids is 5. The van der Waals surface area contributed by atoms with E-state index < -0.39 is 18.2 Å². The van der Waals surface area contributed by atoms with Crippen molar-refractivity contribution < 1.29 is 58.1 Å². The second-order valence-electron chi connectivity index (χ2n) is 18.4. The Morgan fingerprint density at radius 2 is 1.08 bits per heavy atom. The summed E-state index contributed by atoms with van der Waals surface area (Å²) in [5.41, 5.74) is 0. The average molecular weight is 883 g/mol. The Morgan fingerprint density at radius 3 is 1.52 bits per heavy atom. The fourth-order valence-electron chi connectivity index (χ4n) is 8.34. The molecule has 3 rings (SSSR count). The molecule has 3 atom stereocenters. The van der Waals surface area contributed by atoms with Gasteiger partial charge >= 0.3 is 23.9 Å². The van der Waals surface area contributed by atoms with Gasteiger partial charge in [0, 0.05) is 45.6 Å². The summed E-state index contributed by atoms with van der Waals surface area (Å²) >= 11 is 0.